The Kier molecular flexibility index (Phi) is 5.41. The summed E-state index contributed by atoms with van der Waals surface area (Å²) in [5.74, 6) is -0.357. The number of aromatic hydroxyl groups is 5. The zero-order valence-corrected chi connectivity index (χ0v) is 14.8. The van der Waals surface area contributed by atoms with Crippen LogP contribution in [0, 0.1) is 0 Å². The highest BCUT2D eigenvalue weighted by molar-refractivity contribution is 5.42. The molecule has 5 nitrogen and oxygen atoms in total. The molecule has 0 fully saturated rings. The molecule has 0 aliphatic rings. The predicted molar refractivity (Wildman–Crippen MR) is 102 cm³/mol. The highest BCUT2D eigenvalue weighted by Crippen LogP contribution is 2.27. The van der Waals surface area contributed by atoms with Crippen LogP contribution in [0.3, 0.4) is 0 Å². The molecule has 0 saturated carbocycles. The Labute approximate surface area is 157 Å². The smallest absolute Gasteiger partial charge is 0.157 e. The van der Waals surface area contributed by atoms with Gasteiger partial charge in [0.1, 0.15) is 5.75 Å². The van der Waals surface area contributed by atoms with Crippen molar-refractivity contribution < 1.29 is 25.5 Å². The van der Waals surface area contributed by atoms with E-state index >= 15 is 0 Å². The first-order valence-corrected chi connectivity index (χ1v) is 8.74. The van der Waals surface area contributed by atoms with Crippen molar-refractivity contribution in [2.24, 2.45) is 0 Å². The largest absolute Gasteiger partial charge is 0.508 e. The second-order valence-corrected chi connectivity index (χ2v) is 6.65. The molecule has 0 unspecified atom stereocenters. The number of hydrogen-bond donors (Lipinski definition) is 5. The fourth-order valence-electron chi connectivity index (χ4n) is 3.06. The molecule has 0 spiro atoms. The van der Waals surface area contributed by atoms with Crippen LogP contribution in [0.2, 0.25) is 0 Å². The van der Waals surface area contributed by atoms with Crippen LogP contribution >= 0.6 is 0 Å². The summed E-state index contributed by atoms with van der Waals surface area (Å²) in [6.07, 6.45) is 2.71. The molecule has 140 valence electrons. The summed E-state index contributed by atoms with van der Waals surface area (Å²) in [6, 6.07) is 15.0. The van der Waals surface area contributed by atoms with Crippen molar-refractivity contribution in [3.8, 4) is 28.7 Å². The molecule has 0 aromatic heterocycles. The molecule has 0 saturated heterocycles. The van der Waals surface area contributed by atoms with Crippen LogP contribution in [0.4, 0.5) is 0 Å². The van der Waals surface area contributed by atoms with Gasteiger partial charge >= 0.3 is 0 Å². The van der Waals surface area contributed by atoms with Gasteiger partial charge in [0.05, 0.1) is 0 Å². The Bertz CT molecular complexity index is 876. The minimum Gasteiger partial charge on any atom is -0.508 e. The highest BCUT2D eigenvalue weighted by Gasteiger charge is 2.06. The summed E-state index contributed by atoms with van der Waals surface area (Å²) in [7, 11) is 0. The van der Waals surface area contributed by atoms with Crippen molar-refractivity contribution in [2.45, 2.75) is 25.7 Å². The third-order valence-corrected chi connectivity index (χ3v) is 4.52. The van der Waals surface area contributed by atoms with Gasteiger partial charge in [0.25, 0.3) is 0 Å². The van der Waals surface area contributed by atoms with Crippen LogP contribution in [-0.2, 0) is 25.7 Å². The molecule has 3 rings (SSSR count). The van der Waals surface area contributed by atoms with Gasteiger partial charge in [-0.2, -0.15) is 0 Å². The van der Waals surface area contributed by atoms with Gasteiger partial charge in [-0.05, 0) is 84.3 Å². The van der Waals surface area contributed by atoms with Gasteiger partial charge < -0.3 is 25.5 Å². The molecule has 0 aliphatic carbocycles. The van der Waals surface area contributed by atoms with Crippen molar-refractivity contribution >= 4 is 0 Å². The van der Waals surface area contributed by atoms with Crippen molar-refractivity contribution in [3.05, 3.63) is 76.9 Å². The average Bonchev–Trinajstić information content (AvgIpc) is 2.63. The van der Waals surface area contributed by atoms with E-state index in [9.17, 15) is 25.5 Å². The fraction of sp³-hybridized carbons (Fsp3) is 0.182. The molecule has 5 N–H and O–H groups in total. The van der Waals surface area contributed by atoms with Crippen molar-refractivity contribution in [1.82, 2.24) is 0 Å². The third-order valence-electron chi connectivity index (χ3n) is 4.52. The van der Waals surface area contributed by atoms with E-state index < -0.39 is 0 Å². The lowest BCUT2D eigenvalue weighted by Crippen LogP contribution is -1.96. The van der Waals surface area contributed by atoms with Crippen molar-refractivity contribution in [1.29, 1.82) is 0 Å². The highest BCUT2D eigenvalue weighted by atomic mass is 16.3. The lowest BCUT2D eigenvalue weighted by Gasteiger charge is -2.09. The topological polar surface area (TPSA) is 101 Å². The van der Waals surface area contributed by atoms with Gasteiger partial charge in [0, 0.05) is 0 Å². The molecule has 0 radical (unpaired) electrons. The Morgan fingerprint density at radius 2 is 0.815 bits per heavy atom. The standard InChI is InChI=1S/C22H22O5/c23-18-10-16(3-1-14-5-7-19(24)21(26)12-14)9-17(11-18)4-2-15-6-8-20(25)22(27)13-15/h5-13,23-27H,1-4H2. The number of phenols is 5. The number of benzene rings is 3. The fourth-order valence-corrected chi connectivity index (χ4v) is 3.06. The van der Waals surface area contributed by atoms with Gasteiger partial charge in [0.15, 0.2) is 23.0 Å². The molecular weight excluding hydrogens is 344 g/mol. The Morgan fingerprint density at radius 1 is 0.407 bits per heavy atom. The van der Waals surface area contributed by atoms with Crippen LogP contribution in [0.25, 0.3) is 0 Å². The number of rotatable bonds is 6. The van der Waals surface area contributed by atoms with E-state index in [-0.39, 0.29) is 28.7 Å². The zero-order chi connectivity index (χ0) is 19.4. The molecule has 5 heteroatoms. The van der Waals surface area contributed by atoms with Crippen LogP contribution in [0.1, 0.15) is 22.3 Å². The summed E-state index contributed by atoms with van der Waals surface area (Å²) in [6.45, 7) is 0. The maximum absolute atomic E-state index is 10.0. The monoisotopic (exact) mass is 366 g/mol. The second-order valence-electron chi connectivity index (χ2n) is 6.65. The lowest BCUT2D eigenvalue weighted by molar-refractivity contribution is 0.403. The Hall–Kier alpha value is -3.34. The van der Waals surface area contributed by atoms with Crippen molar-refractivity contribution in [3.63, 3.8) is 0 Å². The van der Waals surface area contributed by atoms with Crippen LogP contribution < -0.4 is 0 Å². The van der Waals surface area contributed by atoms with Crippen LogP contribution in [0.5, 0.6) is 28.7 Å². The maximum atomic E-state index is 10.0. The minimum absolute atomic E-state index is 0.138. The molecule has 3 aromatic carbocycles. The molecule has 0 heterocycles. The quantitative estimate of drug-likeness (QED) is 0.427. The molecule has 3 aromatic rings. The molecule has 27 heavy (non-hydrogen) atoms. The first-order valence-electron chi connectivity index (χ1n) is 8.74. The van der Waals surface area contributed by atoms with Gasteiger partial charge in [-0.25, -0.2) is 0 Å². The third kappa shape index (κ3) is 4.85. The molecule has 0 amide bonds. The maximum Gasteiger partial charge on any atom is 0.157 e. The van der Waals surface area contributed by atoms with Crippen LogP contribution in [-0.4, -0.2) is 25.5 Å². The lowest BCUT2D eigenvalue weighted by atomic mass is 9.98. The molecule has 0 atom stereocenters. The molecule has 0 bridgehead atoms. The molecular formula is C22H22O5. The minimum atomic E-state index is -0.140. The summed E-state index contributed by atoms with van der Waals surface area (Å²) >= 11 is 0. The first kappa shape index (κ1) is 18.5. The molecule has 0 aliphatic heterocycles. The zero-order valence-electron chi connectivity index (χ0n) is 14.8. The van der Waals surface area contributed by atoms with Gasteiger partial charge in [-0.1, -0.05) is 18.2 Å². The van der Waals surface area contributed by atoms with Gasteiger partial charge in [-0.15, -0.1) is 0 Å². The number of phenolic OH excluding ortho intramolecular Hbond substituents is 5. The number of hydrogen-bond acceptors (Lipinski definition) is 5. The summed E-state index contributed by atoms with van der Waals surface area (Å²) in [5.41, 5.74) is 3.75. The second kappa shape index (κ2) is 7.91. The summed E-state index contributed by atoms with van der Waals surface area (Å²) < 4.78 is 0. The van der Waals surface area contributed by atoms with E-state index in [0.717, 1.165) is 22.3 Å². The SMILES string of the molecule is Oc1cc(CCc2ccc(O)c(O)c2)cc(CCc2ccc(O)c(O)c2)c1. The normalized spacial score (nSPS) is 10.8. The predicted octanol–water partition coefficient (Wildman–Crippen LogP) is 3.79. The Morgan fingerprint density at radius 3 is 1.22 bits per heavy atom. The van der Waals surface area contributed by atoms with E-state index in [1.165, 1.54) is 24.3 Å². The van der Waals surface area contributed by atoms with Gasteiger partial charge in [-0.3, -0.25) is 0 Å². The number of aryl methyl sites for hydroxylation is 4. The van der Waals surface area contributed by atoms with E-state index in [1.807, 2.05) is 6.07 Å². The van der Waals surface area contributed by atoms with E-state index in [4.69, 9.17) is 0 Å². The summed E-state index contributed by atoms with van der Waals surface area (Å²) in [4.78, 5) is 0. The summed E-state index contributed by atoms with van der Waals surface area (Å²) in [5, 5.41) is 47.9. The Balaban J connectivity index is 1.66. The average molecular weight is 366 g/mol. The van der Waals surface area contributed by atoms with E-state index in [2.05, 4.69) is 0 Å². The van der Waals surface area contributed by atoms with E-state index in [0.29, 0.717) is 25.7 Å². The van der Waals surface area contributed by atoms with Crippen LogP contribution in [0.15, 0.2) is 54.6 Å². The van der Waals surface area contributed by atoms with Crippen molar-refractivity contribution in [2.75, 3.05) is 0 Å². The van der Waals surface area contributed by atoms with E-state index in [1.54, 1.807) is 24.3 Å². The van der Waals surface area contributed by atoms with Gasteiger partial charge in [0.2, 0.25) is 0 Å². The first-order chi connectivity index (χ1) is 12.9.